The third kappa shape index (κ3) is 4.56. The van der Waals surface area contributed by atoms with Crippen LogP contribution in [-0.2, 0) is 4.74 Å². The second kappa shape index (κ2) is 9.72. The average molecular weight is 465 g/mol. The number of carbonyl (C=O) groups is 1. The summed E-state index contributed by atoms with van der Waals surface area (Å²) in [6.07, 6.45) is 4.67. The number of aromatic nitrogens is 2. The number of pyridine rings is 2. The molecule has 0 saturated carbocycles. The van der Waals surface area contributed by atoms with Crippen molar-refractivity contribution in [1.29, 1.82) is 0 Å². The van der Waals surface area contributed by atoms with Gasteiger partial charge in [0, 0.05) is 24.4 Å². The molecule has 1 saturated heterocycles. The minimum atomic E-state index is -0.332. The smallest absolute Gasteiger partial charge is 0.414 e. The Kier molecular flexibility index (Phi) is 6.35. The Morgan fingerprint density at radius 2 is 2.00 bits per heavy atom. The summed E-state index contributed by atoms with van der Waals surface area (Å²) in [5, 5.41) is 0. The number of unbranched alkanes of at least 4 members (excludes halogenated alkanes) is 1. The van der Waals surface area contributed by atoms with Gasteiger partial charge in [-0.15, -0.1) is 0 Å². The second-order valence-corrected chi connectivity index (χ2v) is 8.46. The molecule has 1 aromatic carbocycles. The number of ether oxygens (including phenoxy) is 4. The number of anilines is 1. The maximum Gasteiger partial charge on any atom is 0.414 e. The number of amides is 1. The van der Waals surface area contributed by atoms with Gasteiger partial charge >= 0.3 is 6.09 Å². The molecule has 1 fully saturated rings. The molecule has 2 aromatic heterocycles. The topological polar surface area (TPSA) is 109 Å². The van der Waals surface area contributed by atoms with E-state index in [1.807, 2.05) is 30.3 Å². The van der Waals surface area contributed by atoms with Gasteiger partial charge in [0.2, 0.25) is 5.88 Å². The largest absolute Gasteiger partial charge is 0.486 e. The van der Waals surface area contributed by atoms with Gasteiger partial charge in [-0.2, -0.15) is 0 Å². The van der Waals surface area contributed by atoms with Gasteiger partial charge < -0.3 is 24.7 Å². The first-order valence-electron chi connectivity index (χ1n) is 11.6. The Balaban J connectivity index is 1.14. The number of carbonyl (C=O) groups excluding carboxylic acids is 1. The van der Waals surface area contributed by atoms with E-state index in [1.165, 1.54) is 0 Å². The van der Waals surface area contributed by atoms with Gasteiger partial charge in [-0.05, 0) is 49.1 Å². The number of benzene rings is 1. The van der Waals surface area contributed by atoms with E-state index >= 15 is 0 Å². The van der Waals surface area contributed by atoms with Gasteiger partial charge in [0.25, 0.3) is 0 Å². The summed E-state index contributed by atoms with van der Waals surface area (Å²) in [6, 6.07) is 11.0. The Morgan fingerprint density at radius 3 is 2.85 bits per heavy atom. The van der Waals surface area contributed by atoms with Crippen molar-refractivity contribution < 1.29 is 23.7 Å². The fourth-order valence-electron chi connectivity index (χ4n) is 4.41. The number of hydrogen-bond acceptors (Lipinski definition) is 8. The van der Waals surface area contributed by atoms with E-state index in [0.29, 0.717) is 37.1 Å². The molecule has 5 rings (SSSR count). The monoisotopic (exact) mass is 464 g/mol. The Morgan fingerprint density at radius 1 is 1.15 bits per heavy atom. The van der Waals surface area contributed by atoms with Crippen molar-refractivity contribution in [2.24, 2.45) is 5.73 Å². The Labute approximate surface area is 197 Å². The number of methoxy groups -OCH3 is 1. The van der Waals surface area contributed by atoms with Gasteiger partial charge in [0.05, 0.1) is 30.4 Å². The van der Waals surface area contributed by atoms with Crippen molar-refractivity contribution in [3.05, 3.63) is 48.2 Å². The molecule has 0 bridgehead atoms. The summed E-state index contributed by atoms with van der Waals surface area (Å²) in [6.45, 7) is 1.56. The van der Waals surface area contributed by atoms with Crippen LogP contribution in [0.1, 0.15) is 37.3 Å². The maximum atomic E-state index is 12.4. The molecular formula is C25H28N4O5. The maximum absolute atomic E-state index is 12.4. The molecule has 9 heteroatoms. The predicted octanol–water partition coefficient (Wildman–Crippen LogP) is 4.00. The van der Waals surface area contributed by atoms with Crippen molar-refractivity contribution >= 4 is 22.8 Å². The number of cyclic esters (lactones) is 1. The zero-order valence-electron chi connectivity index (χ0n) is 19.1. The molecule has 0 spiro atoms. The van der Waals surface area contributed by atoms with Crippen molar-refractivity contribution in [3.8, 4) is 17.4 Å². The minimum Gasteiger partial charge on any atom is -0.486 e. The molecular weight excluding hydrogens is 436 g/mol. The SMILES string of the molecule is COc1ccc2nccc([C@@H](N)CCCC[C@H]3CN(c4ccc5c(c4)OCCO5)C(=O)O3)c2n1. The molecule has 0 unspecified atom stereocenters. The summed E-state index contributed by atoms with van der Waals surface area (Å²) < 4.78 is 22.0. The van der Waals surface area contributed by atoms with E-state index < -0.39 is 0 Å². The summed E-state index contributed by atoms with van der Waals surface area (Å²) in [7, 11) is 1.59. The first-order chi connectivity index (χ1) is 16.6. The Bertz CT molecular complexity index is 1190. The zero-order valence-corrected chi connectivity index (χ0v) is 19.1. The van der Waals surface area contributed by atoms with Crippen LogP contribution in [0.2, 0.25) is 0 Å². The number of fused-ring (bicyclic) bond motifs is 2. The van der Waals surface area contributed by atoms with Crippen LogP contribution in [0, 0.1) is 0 Å². The quantitative estimate of drug-likeness (QED) is 0.499. The molecule has 2 atom stereocenters. The van der Waals surface area contributed by atoms with Crippen molar-refractivity contribution in [3.63, 3.8) is 0 Å². The lowest BCUT2D eigenvalue weighted by atomic mass is 9.99. The lowest BCUT2D eigenvalue weighted by molar-refractivity contribution is 0.135. The van der Waals surface area contributed by atoms with Crippen molar-refractivity contribution in [2.75, 3.05) is 31.8 Å². The number of nitrogens with zero attached hydrogens (tertiary/aromatic N) is 3. The second-order valence-electron chi connectivity index (χ2n) is 8.46. The number of hydrogen-bond donors (Lipinski definition) is 1. The number of rotatable bonds is 8. The van der Waals surface area contributed by atoms with Crippen LogP contribution >= 0.6 is 0 Å². The van der Waals surface area contributed by atoms with Crippen LogP contribution in [0.5, 0.6) is 17.4 Å². The first-order valence-corrected chi connectivity index (χ1v) is 11.6. The molecule has 34 heavy (non-hydrogen) atoms. The average Bonchev–Trinajstić information content (AvgIpc) is 3.25. The standard InChI is InChI=1S/C25H28N4O5/c1-31-23-9-7-20-24(28-23)18(10-11-27-20)19(26)5-3-2-4-17-15-29(25(30)34-17)16-6-8-21-22(14-16)33-13-12-32-21/h6-11,14,17,19H,2-5,12-13,15,26H2,1H3/t17-,19-/m0/s1. The molecule has 2 aliphatic heterocycles. The summed E-state index contributed by atoms with van der Waals surface area (Å²) in [5.74, 6) is 1.90. The number of nitrogens with two attached hydrogens (primary N) is 1. The van der Waals surface area contributed by atoms with Crippen LogP contribution in [0.25, 0.3) is 11.0 Å². The van der Waals surface area contributed by atoms with E-state index in [2.05, 4.69) is 9.97 Å². The molecule has 2 N–H and O–H groups in total. The van der Waals surface area contributed by atoms with E-state index in [1.54, 1.807) is 24.3 Å². The fraction of sp³-hybridized carbons (Fsp3) is 0.400. The highest BCUT2D eigenvalue weighted by Gasteiger charge is 2.32. The molecule has 9 nitrogen and oxygen atoms in total. The zero-order chi connectivity index (χ0) is 23.5. The fourth-order valence-corrected chi connectivity index (χ4v) is 4.41. The van der Waals surface area contributed by atoms with Gasteiger partial charge in [-0.3, -0.25) is 9.88 Å². The highest BCUT2D eigenvalue weighted by Crippen LogP contribution is 2.35. The van der Waals surface area contributed by atoms with Gasteiger partial charge in [0.1, 0.15) is 19.3 Å². The summed E-state index contributed by atoms with van der Waals surface area (Å²) in [4.78, 5) is 23.0. The summed E-state index contributed by atoms with van der Waals surface area (Å²) in [5.41, 5.74) is 9.78. The van der Waals surface area contributed by atoms with Gasteiger partial charge in [-0.1, -0.05) is 6.42 Å². The van der Waals surface area contributed by atoms with Crippen molar-refractivity contribution in [2.45, 2.75) is 37.8 Å². The molecule has 178 valence electrons. The van der Waals surface area contributed by atoms with Crippen LogP contribution in [0.15, 0.2) is 42.6 Å². The predicted molar refractivity (Wildman–Crippen MR) is 127 cm³/mol. The summed E-state index contributed by atoms with van der Waals surface area (Å²) >= 11 is 0. The van der Waals surface area contributed by atoms with E-state index in [4.69, 9.17) is 24.7 Å². The Hall–Kier alpha value is -3.59. The molecule has 0 radical (unpaired) electrons. The highest BCUT2D eigenvalue weighted by molar-refractivity contribution is 5.90. The lowest BCUT2D eigenvalue weighted by Crippen LogP contribution is -2.25. The van der Waals surface area contributed by atoms with Gasteiger partial charge in [-0.25, -0.2) is 9.78 Å². The van der Waals surface area contributed by atoms with E-state index in [9.17, 15) is 4.79 Å². The third-order valence-electron chi connectivity index (χ3n) is 6.20. The lowest BCUT2D eigenvalue weighted by Gasteiger charge is -2.21. The first kappa shape index (κ1) is 22.2. The molecule has 2 aliphatic rings. The van der Waals surface area contributed by atoms with Crippen LogP contribution < -0.4 is 24.8 Å². The molecule has 0 aliphatic carbocycles. The van der Waals surface area contributed by atoms with Crippen molar-refractivity contribution in [1.82, 2.24) is 9.97 Å². The van der Waals surface area contributed by atoms with E-state index in [-0.39, 0.29) is 18.2 Å². The molecule has 1 amide bonds. The van der Waals surface area contributed by atoms with Crippen LogP contribution in [-0.4, -0.2) is 49.0 Å². The van der Waals surface area contributed by atoms with E-state index in [0.717, 1.165) is 48.0 Å². The third-order valence-corrected chi connectivity index (χ3v) is 6.20. The molecule has 4 heterocycles. The van der Waals surface area contributed by atoms with Crippen LogP contribution in [0.3, 0.4) is 0 Å². The highest BCUT2D eigenvalue weighted by atomic mass is 16.6. The van der Waals surface area contributed by atoms with Crippen LogP contribution in [0.4, 0.5) is 10.5 Å². The minimum absolute atomic E-state index is 0.149. The molecule has 3 aromatic rings. The van der Waals surface area contributed by atoms with Gasteiger partial charge in [0.15, 0.2) is 11.5 Å². The normalized spacial score (nSPS) is 18.1.